The normalized spacial score (nSPS) is 12.3. The third-order valence-corrected chi connectivity index (χ3v) is 4.87. The van der Waals surface area contributed by atoms with Crippen LogP contribution in [-0.4, -0.2) is 23.3 Å². The van der Waals surface area contributed by atoms with Crippen molar-refractivity contribution < 1.29 is 9.90 Å². The van der Waals surface area contributed by atoms with Crippen LogP contribution in [-0.2, 0) is 4.79 Å². The number of aromatic hydroxyl groups is 1. The zero-order valence-electron chi connectivity index (χ0n) is 16.0. The van der Waals surface area contributed by atoms with Crippen LogP contribution in [0, 0.1) is 0 Å². The van der Waals surface area contributed by atoms with E-state index in [4.69, 9.17) is 0 Å². The molecular weight excluding hydrogens is 362 g/mol. The number of amides is 1. The number of fused-ring (bicyclic) bond motifs is 2. The van der Waals surface area contributed by atoms with Gasteiger partial charge in [-0.05, 0) is 35.2 Å². The summed E-state index contributed by atoms with van der Waals surface area (Å²) in [7, 11) is 0. The SMILES string of the molecule is CC(Nc1cccc2ccccc12)C(=O)N/N=C/c1c(O)ccc2ccccc12. The molecule has 0 bridgehead atoms. The number of nitrogens with one attached hydrogen (secondary N) is 2. The first-order valence-corrected chi connectivity index (χ1v) is 9.41. The van der Waals surface area contributed by atoms with Gasteiger partial charge in [-0.15, -0.1) is 0 Å². The molecule has 5 nitrogen and oxygen atoms in total. The Morgan fingerprint density at radius 2 is 1.55 bits per heavy atom. The van der Waals surface area contributed by atoms with Crippen molar-refractivity contribution in [3.05, 3.63) is 84.4 Å². The monoisotopic (exact) mass is 383 g/mol. The highest BCUT2D eigenvalue weighted by molar-refractivity contribution is 6.02. The van der Waals surface area contributed by atoms with Gasteiger partial charge in [0.15, 0.2) is 0 Å². The Labute approximate surface area is 168 Å². The van der Waals surface area contributed by atoms with Crippen LogP contribution in [0.5, 0.6) is 5.75 Å². The summed E-state index contributed by atoms with van der Waals surface area (Å²) in [5.74, 6) is -0.155. The lowest BCUT2D eigenvalue weighted by atomic mass is 10.0. The van der Waals surface area contributed by atoms with E-state index >= 15 is 0 Å². The third-order valence-electron chi connectivity index (χ3n) is 4.87. The standard InChI is InChI=1S/C24H21N3O2/c1-16(26-22-12-6-9-17-7-3-5-11-20(17)22)24(29)27-25-15-21-19-10-4-2-8-18(19)13-14-23(21)28/h2-16,26,28H,1H3,(H,27,29)/b25-15+. The topological polar surface area (TPSA) is 73.7 Å². The summed E-state index contributed by atoms with van der Waals surface area (Å²) in [5, 5.41) is 21.5. The summed E-state index contributed by atoms with van der Waals surface area (Å²) in [6.07, 6.45) is 1.47. The second-order valence-electron chi connectivity index (χ2n) is 6.85. The first-order valence-electron chi connectivity index (χ1n) is 9.41. The Morgan fingerprint density at radius 3 is 2.34 bits per heavy atom. The molecule has 4 aromatic rings. The zero-order chi connectivity index (χ0) is 20.2. The van der Waals surface area contributed by atoms with E-state index in [-0.39, 0.29) is 11.7 Å². The minimum Gasteiger partial charge on any atom is -0.507 e. The molecule has 29 heavy (non-hydrogen) atoms. The lowest BCUT2D eigenvalue weighted by Gasteiger charge is -2.15. The number of rotatable bonds is 5. The number of carbonyl (C=O) groups is 1. The van der Waals surface area contributed by atoms with E-state index in [1.165, 1.54) is 6.21 Å². The Kier molecular flexibility index (Phi) is 5.12. The van der Waals surface area contributed by atoms with Gasteiger partial charge in [0.2, 0.25) is 0 Å². The van der Waals surface area contributed by atoms with E-state index in [1.54, 1.807) is 13.0 Å². The van der Waals surface area contributed by atoms with Crippen LogP contribution in [0.2, 0.25) is 0 Å². The predicted molar refractivity (Wildman–Crippen MR) is 118 cm³/mol. The van der Waals surface area contributed by atoms with E-state index in [0.29, 0.717) is 5.56 Å². The summed E-state index contributed by atoms with van der Waals surface area (Å²) in [5.41, 5.74) is 4.01. The molecule has 0 saturated heterocycles. The Hall–Kier alpha value is -3.86. The highest BCUT2D eigenvalue weighted by atomic mass is 16.3. The molecule has 1 unspecified atom stereocenters. The minimum absolute atomic E-state index is 0.114. The summed E-state index contributed by atoms with van der Waals surface area (Å²) in [6, 6.07) is 24.6. The van der Waals surface area contributed by atoms with Gasteiger partial charge in [0, 0.05) is 16.6 Å². The van der Waals surface area contributed by atoms with Gasteiger partial charge in [-0.1, -0.05) is 66.7 Å². The van der Waals surface area contributed by atoms with Crippen LogP contribution in [0.4, 0.5) is 5.69 Å². The molecule has 4 aromatic carbocycles. The number of benzene rings is 4. The lowest BCUT2D eigenvalue weighted by Crippen LogP contribution is -2.34. The largest absolute Gasteiger partial charge is 0.507 e. The number of phenolic OH excluding ortho intramolecular Hbond substituents is 1. The Bertz CT molecular complexity index is 1210. The molecule has 3 N–H and O–H groups in total. The van der Waals surface area contributed by atoms with Crippen LogP contribution >= 0.6 is 0 Å². The van der Waals surface area contributed by atoms with Crippen LogP contribution in [0.1, 0.15) is 12.5 Å². The van der Waals surface area contributed by atoms with Crippen molar-refractivity contribution in [2.75, 3.05) is 5.32 Å². The molecule has 0 aromatic heterocycles. The molecule has 0 aliphatic rings. The number of anilines is 1. The van der Waals surface area contributed by atoms with Gasteiger partial charge in [-0.3, -0.25) is 4.79 Å². The first kappa shape index (κ1) is 18.5. The number of hydrazone groups is 1. The Balaban J connectivity index is 1.48. The molecule has 0 radical (unpaired) electrons. The van der Waals surface area contributed by atoms with E-state index in [1.807, 2.05) is 72.8 Å². The number of nitrogens with zero attached hydrogens (tertiary/aromatic N) is 1. The third kappa shape index (κ3) is 3.89. The molecule has 144 valence electrons. The predicted octanol–water partition coefficient (Wildman–Crippen LogP) is 4.65. The number of carbonyl (C=O) groups excluding carboxylic acids is 1. The quantitative estimate of drug-likeness (QED) is 0.347. The maximum absolute atomic E-state index is 12.5. The van der Waals surface area contributed by atoms with E-state index in [2.05, 4.69) is 15.8 Å². The summed E-state index contributed by atoms with van der Waals surface area (Å²) >= 11 is 0. The summed E-state index contributed by atoms with van der Waals surface area (Å²) < 4.78 is 0. The van der Waals surface area contributed by atoms with Gasteiger partial charge >= 0.3 is 0 Å². The fourth-order valence-corrected chi connectivity index (χ4v) is 3.33. The summed E-state index contributed by atoms with van der Waals surface area (Å²) in [4.78, 5) is 12.5. The number of hydrogen-bond donors (Lipinski definition) is 3. The molecule has 1 amide bonds. The van der Waals surface area contributed by atoms with Crippen LogP contribution in [0.25, 0.3) is 21.5 Å². The number of hydrogen-bond acceptors (Lipinski definition) is 4. The second kappa shape index (κ2) is 8.02. The maximum Gasteiger partial charge on any atom is 0.262 e. The zero-order valence-corrected chi connectivity index (χ0v) is 16.0. The van der Waals surface area contributed by atoms with Crippen molar-refractivity contribution in [1.82, 2.24) is 5.43 Å². The molecule has 0 spiro atoms. The highest BCUT2D eigenvalue weighted by Crippen LogP contribution is 2.25. The molecule has 0 aliphatic carbocycles. The molecule has 5 heteroatoms. The van der Waals surface area contributed by atoms with Crippen molar-refractivity contribution in [1.29, 1.82) is 0 Å². The van der Waals surface area contributed by atoms with Crippen LogP contribution < -0.4 is 10.7 Å². The van der Waals surface area contributed by atoms with Gasteiger partial charge in [-0.25, -0.2) is 5.43 Å². The van der Waals surface area contributed by atoms with E-state index < -0.39 is 6.04 Å². The van der Waals surface area contributed by atoms with Gasteiger partial charge < -0.3 is 10.4 Å². The van der Waals surface area contributed by atoms with Gasteiger partial charge in [0.1, 0.15) is 11.8 Å². The average Bonchev–Trinajstić information content (AvgIpc) is 2.75. The molecule has 0 heterocycles. The van der Waals surface area contributed by atoms with E-state index in [0.717, 1.165) is 27.2 Å². The van der Waals surface area contributed by atoms with Gasteiger partial charge in [-0.2, -0.15) is 5.10 Å². The smallest absolute Gasteiger partial charge is 0.262 e. The molecular formula is C24H21N3O2. The van der Waals surface area contributed by atoms with Crippen molar-refractivity contribution in [2.45, 2.75) is 13.0 Å². The first-order chi connectivity index (χ1) is 14.1. The van der Waals surface area contributed by atoms with Crippen molar-refractivity contribution >= 4 is 39.4 Å². The molecule has 0 saturated carbocycles. The fraction of sp³-hybridized carbons (Fsp3) is 0.0833. The minimum atomic E-state index is -0.487. The molecule has 4 rings (SSSR count). The van der Waals surface area contributed by atoms with Crippen LogP contribution in [0.15, 0.2) is 84.0 Å². The van der Waals surface area contributed by atoms with Gasteiger partial charge in [0.05, 0.1) is 6.21 Å². The second-order valence-corrected chi connectivity index (χ2v) is 6.85. The molecule has 1 atom stereocenters. The Morgan fingerprint density at radius 1 is 0.897 bits per heavy atom. The highest BCUT2D eigenvalue weighted by Gasteiger charge is 2.13. The lowest BCUT2D eigenvalue weighted by molar-refractivity contribution is -0.121. The fourth-order valence-electron chi connectivity index (χ4n) is 3.33. The average molecular weight is 383 g/mol. The van der Waals surface area contributed by atoms with Crippen molar-refractivity contribution in [3.8, 4) is 5.75 Å². The van der Waals surface area contributed by atoms with Crippen molar-refractivity contribution in [2.24, 2.45) is 5.10 Å². The summed E-state index contributed by atoms with van der Waals surface area (Å²) in [6.45, 7) is 1.78. The van der Waals surface area contributed by atoms with Crippen molar-refractivity contribution in [3.63, 3.8) is 0 Å². The van der Waals surface area contributed by atoms with Gasteiger partial charge in [0.25, 0.3) is 5.91 Å². The molecule has 0 fully saturated rings. The molecule has 0 aliphatic heterocycles. The maximum atomic E-state index is 12.5. The van der Waals surface area contributed by atoms with E-state index in [9.17, 15) is 9.90 Å². The number of phenols is 1. The van der Waals surface area contributed by atoms with Crippen LogP contribution in [0.3, 0.4) is 0 Å².